The van der Waals surface area contributed by atoms with Crippen molar-refractivity contribution in [2.75, 3.05) is 11.9 Å². The molecule has 5 heteroatoms. The summed E-state index contributed by atoms with van der Waals surface area (Å²) in [6.07, 6.45) is 0. The Balaban J connectivity index is 2.96. The SMILES string of the molecule is Cc1cc(N(C)C(=O)Cl)nn1C. The third kappa shape index (κ3) is 1.58. The number of carbonyl (C=O) groups excluding carboxylic acids is 1. The van der Waals surface area contributed by atoms with Crippen molar-refractivity contribution in [3.8, 4) is 0 Å². The minimum absolute atomic E-state index is 0.534. The molecule has 1 rings (SSSR count). The van der Waals surface area contributed by atoms with E-state index < -0.39 is 5.37 Å². The van der Waals surface area contributed by atoms with Crippen LogP contribution in [0, 0.1) is 6.92 Å². The number of hydrogen-bond donors (Lipinski definition) is 0. The van der Waals surface area contributed by atoms with Gasteiger partial charge in [0.15, 0.2) is 5.82 Å². The fourth-order valence-electron chi connectivity index (χ4n) is 0.796. The maximum atomic E-state index is 10.7. The highest BCUT2D eigenvalue weighted by atomic mass is 35.5. The van der Waals surface area contributed by atoms with Gasteiger partial charge in [0.1, 0.15) is 0 Å². The molecule has 0 saturated heterocycles. The number of halogens is 1. The second-order valence-electron chi connectivity index (χ2n) is 2.58. The Bertz CT molecular complexity index is 288. The maximum absolute atomic E-state index is 10.7. The molecule has 1 aromatic rings. The number of aryl methyl sites for hydroxylation is 2. The van der Waals surface area contributed by atoms with Crippen LogP contribution in [0.25, 0.3) is 0 Å². The van der Waals surface area contributed by atoms with Crippen molar-refractivity contribution in [1.29, 1.82) is 0 Å². The van der Waals surface area contributed by atoms with Crippen molar-refractivity contribution < 1.29 is 4.79 Å². The van der Waals surface area contributed by atoms with Crippen molar-refractivity contribution in [2.24, 2.45) is 7.05 Å². The first-order chi connectivity index (χ1) is 5.52. The van der Waals surface area contributed by atoms with Crippen molar-refractivity contribution in [3.63, 3.8) is 0 Å². The third-order valence-corrected chi connectivity index (χ3v) is 1.96. The molecule has 0 atom stereocenters. The molecule has 0 saturated carbocycles. The highest BCUT2D eigenvalue weighted by molar-refractivity contribution is 6.66. The fourth-order valence-corrected chi connectivity index (χ4v) is 0.882. The molecule has 0 N–H and O–H groups in total. The van der Waals surface area contributed by atoms with Crippen molar-refractivity contribution in [3.05, 3.63) is 11.8 Å². The molecule has 0 unspecified atom stereocenters. The van der Waals surface area contributed by atoms with E-state index >= 15 is 0 Å². The van der Waals surface area contributed by atoms with Gasteiger partial charge in [-0.15, -0.1) is 0 Å². The minimum Gasteiger partial charge on any atom is -0.285 e. The van der Waals surface area contributed by atoms with E-state index in [9.17, 15) is 4.79 Å². The Morgan fingerprint density at radius 1 is 1.75 bits per heavy atom. The van der Waals surface area contributed by atoms with Gasteiger partial charge in [-0.05, 0) is 18.5 Å². The average molecular weight is 188 g/mol. The summed E-state index contributed by atoms with van der Waals surface area (Å²) in [5, 5.41) is 3.53. The fraction of sp³-hybridized carbons (Fsp3) is 0.429. The number of nitrogens with zero attached hydrogens (tertiary/aromatic N) is 3. The van der Waals surface area contributed by atoms with Crippen LogP contribution in [0.3, 0.4) is 0 Å². The summed E-state index contributed by atoms with van der Waals surface area (Å²) in [5.74, 6) is 0.565. The van der Waals surface area contributed by atoms with Crippen LogP contribution in [0.15, 0.2) is 6.07 Å². The molecular formula is C7H10ClN3O. The number of anilines is 1. The molecular weight excluding hydrogens is 178 g/mol. The van der Waals surface area contributed by atoms with Crippen molar-refractivity contribution in [2.45, 2.75) is 6.92 Å². The molecule has 1 amide bonds. The molecule has 0 radical (unpaired) electrons. The predicted octanol–water partition coefficient (Wildman–Crippen LogP) is 1.52. The smallest absolute Gasteiger partial charge is 0.285 e. The lowest BCUT2D eigenvalue weighted by molar-refractivity contribution is 0.265. The predicted molar refractivity (Wildman–Crippen MR) is 47.6 cm³/mol. The summed E-state index contributed by atoms with van der Waals surface area (Å²) >= 11 is 5.26. The summed E-state index contributed by atoms with van der Waals surface area (Å²) in [4.78, 5) is 12.0. The van der Waals surface area contributed by atoms with Crippen LogP contribution in [0.5, 0.6) is 0 Å². The van der Waals surface area contributed by atoms with Gasteiger partial charge in [-0.3, -0.25) is 14.4 Å². The minimum atomic E-state index is -0.534. The zero-order chi connectivity index (χ0) is 9.30. The maximum Gasteiger partial charge on any atom is 0.321 e. The van der Waals surface area contributed by atoms with E-state index in [0.717, 1.165) is 5.69 Å². The van der Waals surface area contributed by atoms with Gasteiger partial charge in [0.25, 0.3) is 0 Å². The van der Waals surface area contributed by atoms with Gasteiger partial charge in [0, 0.05) is 25.9 Å². The van der Waals surface area contributed by atoms with Gasteiger partial charge in [-0.1, -0.05) is 0 Å². The molecule has 1 heterocycles. The first kappa shape index (κ1) is 9.06. The molecule has 0 aliphatic rings. The standard InChI is InChI=1S/C7H10ClN3O/c1-5-4-6(9-11(5)3)10(2)7(8)12/h4H,1-3H3. The summed E-state index contributed by atoms with van der Waals surface area (Å²) in [7, 11) is 3.39. The quantitative estimate of drug-likeness (QED) is 0.494. The first-order valence-electron chi connectivity index (χ1n) is 3.46. The Kier molecular flexibility index (Phi) is 2.38. The largest absolute Gasteiger partial charge is 0.321 e. The highest BCUT2D eigenvalue weighted by Crippen LogP contribution is 2.12. The highest BCUT2D eigenvalue weighted by Gasteiger charge is 2.11. The van der Waals surface area contributed by atoms with Gasteiger partial charge in [-0.2, -0.15) is 5.10 Å². The summed E-state index contributed by atoms with van der Waals surface area (Å²) < 4.78 is 1.69. The lowest BCUT2D eigenvalue weighted by Gasteiger charge is -2.07. The van der Waals surface area contributed by atoms with Gasteiger partial charge in [0.05, 0.1) is 0 Å². The Labute approximate surface area is 75.7 Å². The van der Waals surface area contributed by atoms with Gasteiger partial charge >= 0.3 is 5.37 Å². The molecule has 66 valence electrons. The van der Waals surface area contributed by atoms with E-state index in [-0.39, 0.29) is 0 Å². The van der Waals surface area contributed by atoms with Gasteiger partial charge < -0.3 is 0 Å². The normalized spacial score (nSPS) is 10.0. The van der Waals surface area contributed by atoms with E-state index in [2.05, 4.69) is 5.10 Å². The monoisotopic (exact) mass is 187 g/mol. The lowest BCUT2D eigenvalue weighted by Crippen LogP contribution is -2.20. The molecule has 4 nitrogen and oxygen atoms in total. The van der Waals surface area contributed by atoms with E-state index in [1.54, 1.807) is 17.8 Å². The molecule has 12 heavy (non-hydrogen) atoms. The number of amides is 1. The summed E-state index contributed by atoms with van der Waals surface area (Å²) in [5.41, 5.74) is 0.981. The van der Waals surface area contributed by atoms with E-state index in [4.69, 9.17) is 11.6 Å². The van der Waals surface area contributed by atoms with Crippen LogP contribution >= 0.6 is 11.6 Å². The first-order valence-corrected chi connectivity index (χ1v) is 3.84. The van der Waals surface area contributed by atoms with Crippen LogP contribution in [-0.4, -0.2) is 22.2 Å². The second-order valence-corrected chi connectivity index (χ2v) is 2.90. The number of aromatic nitrogens is 2. The van der Waals surface area contributed by atoms with Crippen molar-refractivity contribution >= 4 is 22.8 Å². The molecule has 0 aromatic carbocycles. The number of rotatable bonds is 1. The van der Waals surface area contributed by atoms with Crippen LogP contribution in [0.2, 0.25) is 0 Å². The molecule has 0 aliphatic carbocycles. The Morgan fingerprint density at radius 3 is 2.67 bits per heavy atom. The van der Waals surface area contributed by atoms with Crippen LogP contribution in [0.4, 0.5) is 10.6 Å². The van der Waals surface area contributed by atoms with E-state index in [1.807, 2.05) is 14.0 Å². The van der Waals surface area contributed by atoms with Crippen LogP contribution < -0.4 is 4.90 Å². The van der Waals surface area contributed by atoms with Crippen molar-refractivity contribution in [1.82, 2.24) is 9.78 Å². The van der Waals surface area contributed by atoms with Gasteiger partial charge in [-0.25, -0.2) is 0 Å². The Hall–Kier alpha value is -1.03. The number of carbonyl (C=O) groups is 1. The van der Waals surface area contributed by atoms with E-state index in [0.29, 0.717) is 5.82 Å². The zero-order valence-electron chi connectivity index (χ0n) is 7.21. The third-order valence-electron chi connectivity index (χ3n) is 1.71. The molecule has 0 spiro atoms. The number of hydrogen-bond acceptors (Lipinski definition) is 2. The zero-order valence-corrected chi connectivity index (χ0v) is 7.96. The van der Waals surface area contributed by atoms with Crippen LogP contribution in [-0.2, 0) is 7.05 Å². The Morgan fingerprint density at radius 2 is 2.33 bits per heavy atom. The molecule has 0 bridgehead atoms. The van der Waals surface area contributed by atoms with Gasteiger partial charge in [0.2, 0.25) is 0 Å². The molecule has 0 fully saturated rings. The summed E-state index contributed by atoms with van der Waals surface area (Å²) in [6, 6.07) is 1.79. The molecule has 0 aliphatic heterocycles. The summed E-state index contributed by atoms with van der Waals surface area (Å²) in [6.45, 7) is 1.91. The topological polar surface area (TPSA) is 38.1 Å². The van der Waals surface area contributed by atoms with E-state index in [1.165, 1.54) is 4.90 Å². The molecule has 1 aromatic heterocycles. The van der Waals surface area contributed by atoms with Crippen LogP contribution in [0.1, 0.15) is 5.69 Å². The average Bonchev–Trinajstić information content (AvgIpc) is 2.30. The lowest BCUT2D eigenvalue weighted by atomic mass is 10.4. The second kappa shape index (κ2) is 3.15.